The van der Waals surface area contributed by atoms with Crippen molar-refractivity contribution in [2.75, 3.05) is 13.7 Å². The number of aryl methyl sites for hydroxylation is 2. The van der Waals surface area contributed by atoms with E-state index in [0.717, 1.165) is 6.54 Å². The van der Waals surface area contributed by atoms with E-state index in [0.29, 0.717) is 33.1 Å². The highest BCUT2D eigenvalue weighted by atomic mass is 32.1. The van der Waals surface area contributed by atoms with Crippen LogP contribution in [0.3, 0.4) is 0 Å². The van der Waals surface area contributed by atoms with Crippen LogP contribution in [0.1, 0.15) is 52.1 Å². The summed E-state index contributed by atoms with van der Waals surface area (Å²) in [5.74, 6) is 0.178. The standard InChI is InChI=1S/C21H25N3O3S/c1-6-27-21(26)17-13(3)16-19(25)22-18(23-20(16)28-17)14(4)24(5)11-15-9-7-12(2)8-10-15/h7-10,14H,6,11H2,1-5H3,(H,22,23,25)/t14-/m0/s1. The number of ether oxygens (including phenoxy) is 1. The van der Waals surface area contributed by atoms with Crippen LogP contribution < -0.4 is 5.56 Å². The number of nitrogens with zero attached hydrogens (tertiary/aromatic N) is 2. The monoisotopic (exact) mass is 399 g/mol. The largest absolute Gasteiger partial charge is 0.462 e. The van der Waals surface area contributed by atoms with Crippen LogP contribution in [0.4, 0.5) is 0 Å². The number of aromatic nitrogens is 2. The van der Waals surface area contributed by atoms with E-state index >= 15 is 0 Å². The molecule has 0 aliphatic heterocycles. The van der Waals surface area contributed by atoms with E-state index < -0.39 is 5.97 Å². The fraction of sp³-hybridized carbons (Fsp3) is 0.381. The number of esters is 1. The van der Waals surface area contributed by atoms with Crippen molar-refractivity contribution in [2.24, 2.45) is 0 Å². The van der Waals surface area contributed by atoms with E-state index in [4.69, 9.17) is 4.74 Å². The molecule has 0 amide bonds. The van der Waals surface area contributed by atoms with Gasteiger partial charge < -0.3 is 9.72 Å². The highest BCUT2D eigenvalue weighted by Gasteiger charge is 2.22. The molecule has 1 N–H and O–H groups in total. The molecule has 0 saturated carbocycles. The quantitative estimate of drug-likeness (QED) is 0.635. The maximum atomic E-state index is 12.7. The summed E-state index contributed by atoms with van der Waals surface area (Å²) in [6.07, 6.45) is 0. The van der Waals surface area contributed by atoms with Gasteiger partial charge in [0, 0.05) is 6.54 Å². The van der Waals surface area contributed by atoms with Gasteiger partial charge in [-0.3, -0.25) is 9.69 Å². The lowest BCUT2D eigenvalue weighted by atomic mass is 10.1. The second-order valence-corrected chi connectivity index (χ2v) is 7.98. The number of thiophene rings is 1. The Bertz CT molecular complexity index is 1050. The normalized spacial score (nSPS) is 12.5. The maximum Gasteiger partial charge on any atom is 0.348 e. The van der Waals surface area contributed by atoms with E-state index in [-0.39, 0.29) is 11.6 Å². The van der Waals surface area contributed by atoms with Gasteiger partial charge in [0.2, 0.25) is 0 Å². The first kappa shape index (κ1) is 20.2. The van der Waals surface area contributed by atoms with Crippen LogP contribution in [0.15, 0.2) is 29.1 Å². The molecule has 3 aromatic rings. The molecule has 6 nitrogen and oxygen atoms in total. The van der Waals surface area contributed by atoms with Crippen molar-refractivity contribution < 1.29 is 9.53 Å². The van der Waals surface area contributed by atoms with Crippen LogP contribution in [-0.2, 0) is 11.3 Å². The molecular weight excluding hydrogens is 374 g/mol. The van der Waals surface area contributed by atoms with Crippen molar-refractivity contribution in [3.8, 4) is 0 Å². The van der Waals surface area contributed by atoms with E-state index in [1.165, 1.54) is 22.5 Å². The van der Waals surface area contributed by atoms with E-state index in [9.17, 15) is 9.59 Å². The molecule has 0 fully saturated rings. The molecule has 2 heterocycles. The summed E-state index contributed by atoms with van der Waals surface area (Å²) >= 11 is 1.21. The summed E-state index contributed by atoms with van der Waals surface area (Å²) in [6.45, 7) is 8.62. The zero-order valence-electron chi connectivity index (χ0n) is 16.8. The Kier molecular flexibility index (Phi) is 5.96. The van der Waals surface area contributed by atoms with Gasteiger partial charge in [0.15, 0.2) is 0 Å². The van der Waals surface area contributed by atoms with Gasteiger partial charge in [0.05, 0.1) is 18.0 Å². The molecule has 0 bridgehead atoms. The van der Waals surface area contributed by atoms with Gasteiger partial charge in [-0.05, 0) is 45.9 Å². The fourth-order valence-corrected chi connectivity index (χ4v) is 4.16. The van der Waals surface area contributed by atoms with Crippen molar-refractivity contribution in [3.63, 3.8) is 0 Å². The molecule has 0 aliphatic rings. The van der Waals surface area contributed by atoms with E-state index in [2.05, 4.69) is 46.1 Å². The Balaban J connectivity index is 1.91. The number of carbonyl (C=O) groups excluding carboxylic acids is 1. The van der Waals surface area contributed by atoms with Gasteiger partial charge in [-0.15, -0.1) is 11.3 Å². The lowest BCUT2D eigenvalue weighted by Crippen LogP contribution is -2.25. The molecule has 0 spiro atoms. The number of hydrogen-bond acceptors (Lipinski definition) is 6. The topological polar surface area (TPSA) is 75.3 Å². The van der Waals surface area contributed by atoms with Gasteiger partial charge in [-0.25, -0.2) is 9.78 Å². The minimum atomic E-state index is -0.409. The maximum absolute atomic E-state index is 12.7. The summed E-state index contributed by atoms with van der Waals surface area (Å²) in [4.78, 5) is 35.5. The number of hydrogen-bond donors (Lipinski definition) is 1. The molecule has 28 heavy (non-hydrogen) atoms. The molecule has 148 valence electrons. The Morgan fingerprint density at radius 2 is 1.96 bits per heavy atom. The number of fused-ring (bicyclic) bond motifs is 1. The Morgan fingerprint density at radius 1 is 1.29 bits per heavy atom. The van der Waals surface area contributed by atoms with Crippen LogP contribution in [0.2, 0.25) is 0 Å². The number of nitrogens with one attached hydrogen (secondary N) is 1. The number of benzene rings is 1. The zero-order chi connectivity index (χ0) is 20.4. The third kappa shape index (κ3) is 4.00. The van der Waals surface area contributed by atoms with E-state index in [1.54, 1.807) is 13.8 Å². The summed E-state index contributed by atoms with van der Waals surface area (Å²) in [7, 11) is 2.00. The minimum absolute atomic E-state index is 0.0909. The average molecular weight is 400 g/mol. The van der Waals surface area contributed by atoms with Crippen LogP contribution in [0.5, 0.6) is 0 Å². The molecule has 0 saturated heterocycles. The van der Waals surface area contributed by atoms with Crippen LogP contribution in [-0.4, -0.2) is 34.5 Å². The first-order valence-electron chi connectivity index (χ1n) is 9.28. The predicted molar refractivity (Wildman–Crippen MR) is 112 cm³/mol. The SMILES string of the molecule is CCOC(=O)c1sc2nc([C@H](C)N(C)Cc3ccc(C)cc3)[nH]c(=O)c2c1C. The first-order chi connectivity index (χ1) is 13.3. The minimum Gasteiger partial charge on any atom is -0.462 e. The highest BCUT2D eigenvalue weighted by Crippen LogP contribution is 2.29. The van der Waals surface area contributed by atoms with Gasteiger partial charge in [0.25, 0.3) is 5.56 Å². The molecule has 7 heteroatoms. The molecular formula is C21H25N3O3S. The summed E-state index contributed by atoms with van der Waals surface area (Å²) in [6, 6.07) is 8.29. The third-order valence-corrected chi connectivity index (χ3v) is 6.05. The Labute approximate surface area is 168 Å². The molecule has 0 radical (unpaired) electrons. The predicted octanol–water partition coefficient (Wildman–Crippen LogP) is 3.97. The van der Waals surface area contributed by atoms with Gasteiger partial charge in [0.1, 0.15) is 15.5 Å². The summed E-state index contributed by atoms with van der Waals surface area (Å²) in [5.41, 5.74) is 2.82. The molecule has 1 aromatic carbocycles. The molecule has 1 atom stereocenters. The number of rotatable bonds is 6. The van der Waals surface area contributed by atoms with E-state index in [1.807, 2.05) is 14.0 Å². The van der Waals surface area contributed by atoms with Crippen LogP contribution >= 0.6 is 11.3 Å². The van der Waals surface area contributed by atoms with Crippen molar-refractivity contribution in [2.45, 2.75) is 40.3 Å². The van der Waals surface area contributed by atoms with Crippen molar-refractivity contribution in [1.29, 1.82) is 0 Å². The second-order valence-electron chi connectivity index (χ2n) is 6.98. The van der Waals surface area contributed by atoms with Gasteiger partial charge in [-0.2, -0.15) is 0 Å². The lowest BCUT2D eigenvalue weighted by molar-refractivity contribution is 0.0531. The summed E-state index contributed by atoms with van der Waals surface area (Å²) < 4.78 is 5.09. The van der Waals surface area contributed by atoms with Gasteiger partial charge >= 0.3 is 5.97 Å². The fourth-order valence-electron chi connectivity index (χ4n) is 3.08. The lowest BCUT2D eigenvalue weighted by Gasteiger charge is -2.24. The van der Waals surface area contributed by atoms with Crippen LogP contribution in [0, 0.1) is 13.8 Å². The van der Waals surface area contributed by atoms with Crippen molar-refractivity contribution >= 4 is 27.5 Å². The summed E-state index contributed by atoms with van der Waals surface area (Å²) in [5, 5.41) is 0.463. The van der Waals surface area contributed by atoms with Crippen molar-refractivity contribution in [1.82, 2.24) is 14.9 Å². The second kappa shape index (κ2) is 8.24. The molecule has 2 aromatic heterocycles. The first-order valence-corrected chi connectivity index (χ1v) is 10.1. The molecule has 0 aliphatic carbocycles. The van der Waals surface area contributed by atoms with Gasteiger partial charge in [-0.1, -0.05) is 29.8 Å². The van der Waals surface area contributed by atoms with Crippen molar-refractivity contribution in [3.05, 3.63) is 62.0 Å². The smallest absolute Gasteiger partial charge is 0.348 e. The molecule has 0 unspecified atom stereocenters. The Hall–Kier alpha value is -2.51. The third-order valence-electron chi connectivity index (χ3n) is 4.89. The number of H-pyrrole nitrogens is 1. The number of aromatic amines is 1. The average Bonchev–Trinajstić information content (AvgIpc) is 3.00. The molecule has 3 rings (SSSR count). The number of carbonyl (C=O) groups is 1. The zero-order valence-corrected chi connectivity index (χ0v) is 17.6. The van der Waals surface area contributed by atoms with Crippen LogP contribution in [0.25, 0.3) is 10.2 Å². The Morgan fingerprint density at radius 3 is 2.61 bits per heavy atom. The highest BCUT2D eigenvalue weighted by molar-refractivity contribution is 7.20.